The highest BCUT2D eigenvalue weighted by molar-refractivity contribution is 6.08. The van der Waals surface area contributed by atoms with Gasteiger partial charge >= 0.3 is 0 Å². The number of rotatable bonds is 6. The van der Waals surface area contributed by atoms with E-state index in [9.17, 15) is 27.6 Å². The molecule has 3 aliphatic heterocycles. The molecule has 0 bridgehead atoms. The molecule has 1 spiro atoms. The molecule has 54 heavy (non-hydrogen) atoms. The molecule has 0 radical (unpaired) electrons. The molecule has 0 aliphatic carbocycles. The van der Waals surface area contributed by atoms with Crippen molar-refractivity contribution >= 4 is 41.0 Å². The Labute approximate surface area is 309 Å². The van der Waals surface area contributed by atoms with Gasteiger partial charge in [-0.25, -0.2) is 18.2 Å². The van der Waals surface area contributed by atoms with E-state index in [0.29, 0.717) is 17.7 Å². The number of carbonyl (C=O) groups excluding carboxylic acids is 3. The Balaban J connectivity index is 0.000000167. The molecular weight excluding hydrogens is 699 g/mol. The number of aryl methyl sites for hydroxylation is 1. The lowest BCUT2D eigenvalue weighted by Gasteiger charge is -2.53. The number of para-hydroxylation sites is 1. The van der Waals surface area contributed by atoms with E-state index >= 15 is 0 Å². The van der Waals surface area contributed by atoms with Crippen LogP contribution < -0.4 is 20.4 Å². The van der Waals surface area contributed by atoms with Gasteiger partial charge in [0.05, 0.1) is 22.6 Å². The zero-order valence-electron chi connectivity index (χ0n) is 29.7. The molecule has 14 heteroatoms. The van der Waals surface area contributed by atoms with Crippen molar-refractivity contribution in [3.63, 3.8) is 0 Å². The number of fused-ring (bicyclic) bond motifs is 3. The highest BCUT2D eigenvalue weighted by Gasteiger charge is 2.45. The molecule has 5 aromatic rings. The number of aromatic nitrogens is 3. The molecule has 8 rings (SSSR count). The fourth-order valence-electron chi connectivity index (χ4n) is 7.04. The standard InChI is InChI=1S/C21H22FN3O3.C19H16F2N4O/c1-14-8-16(20(27)24-18-3-2-15(11-26)9-17(18)22)19(23-10-14)25-12-21(13-25)4-6-28-7-5-21;1-25-9-7-11-10-14(23-16(11)18-15(25)6-3-8-22-18)19(26)24-17-12(20)4-2-5-13(17)21/h2-3,8-11H,4-7,12-13H2,1H3,(H,24,27);2-6,8,10,23H,7,9H2,1H3,(H,24,26). The fraction of sp³-hybridized carbons (Fsp3) is 0.275. The van der Waals surface area contributed by atoms with Crippen LogP contribution in [0.15, 0.2) is 73.1 Å². The minimum atomic E-state index is -0.819. The van der Waals surface area contributed by atoms with Crippen molar-refractivity contribution in [2.45, 2.75) is 26.2 Å². The molecule has 3 aromatic heterocycles. The van der Waals surface area contributed by atoms with Crippen LogP contribution in [0.2, 0.25) is 0 Å². The highest BCUT2D eigenvalue weighted by Crippen LogP contribution is 2.42. The van der Waals surface area contributed by atoms with E-state index in [4.69, 9.17) is 4.74 Å². The summed E-state index contributed by atoms with van der Waals surface area (Å²) in [6.07, 6.45) is 6.75. The number of amides is 2. The molecule has 0 saturated carbocycles. The van der Waals surface area contributed by atoms with E-state index in [1.54, 1.807) is 24.5 Å². The predicted molar refractivity (Wildman–Crippen MR) is 199 cm³/mol. The second-order valence-electron chi connectivity index (χ2n) is 13.8. The number of pyridine rings is 2. The molecule has 3 aliphatic rings. The minimum Gasteiger partial charge on any atom is -0.381 e. The lowest BCUT2D eigenvalue weighted by Crippen LogP contribution is -2.59. The summed E-state index contributed by atoms with van der Waals surface area (Å²) in [5.41, 5.74) is 4.95. The zero-order valence-corrected chi connectivity index (χ0v) is 29.7. The monoisotopic (exact) mass is 737 g/mol. The van der Waals surface area contributed by atoms with Gasteiger partial charge in [-0.3, -0.25) is 19.4 Å². The maximum absolute atomic E-state index is 14.2. The second-order valence-corrected chi connectivity index (χ2v) is 13.8. The van der Waals surface area contributed by atoms with Crippen molar-refractivity contribution in [3.8, 4) is 11.4 Å². The van der Waals surface area contributed by atoms with Crippen LogP contribution >= 0.6 is 0 Å². The first-order chi connectivity index (χ1) is 26.0. The van der Waals surface area contributed by atoms with E-state index in [1.807, 2.05) is 26.1 Å². The topological polar surface area (TPSA) is 133 Å². The van der Waals surface area contributed by atoms with Gasteiger partial charge in [-0.05, 0) is 91.9 Å². The quantitative estimate of drug-likeness (QED) is 0.162. The first-order valence-corrected chi connectivity index (χ1v) is 17.5. The Morgan fingerprint density at radius 3 is 2.41 bits per heavy atom. The summed E-state index contributed by atoms with van der Waals surface area (Å²) in [7, 11) is 1.99. The molecular formula is C40H38F3N7O4. The van der Waals surface area contributed by atoms with Gasteiger partial charge in [0.25, 0.3) is 11.8 Å². The third-order valence-electron chi connectivity index (χ3n) is 10.0. The van der Waals surface area contributed by atoms with Crippen LogP contribution in [0.1, 0.15) is 55.2 Å². The largest absolute Gasteiger partial charge is 0.381 e. The zero-order chi connectivity index (χ0) is 38.0. The number of anilines is 4. The first-order valence-electron chi connectivity index (χ1n) is 17.5. The van der Waals surface area contributed by atoms with E-state index < -0.39 is 35.0 Å². The van der Waals surface area contributed by atoms with Gasteiger partial charge in [0.2, 0.25) is 0 Å². The van der Waals surface area contributed by atoms with Crippen LogP contribution in [0.4, 0.5) is 36.1 Å². The van der Waals surface area contributed by atoms with Crippen molar-refractivity contribution < 1.29 is 32.3 Å². The number of aldehydes is 1. The Morgan fingerprint density at radius 1 is 0.926 bits per heavy atom. The third kappa shape index (κ3) is 7.42. The summed E-state index contributed by atoms with van der Waals surface area (Å²) >= 11 is 0. The van der Waals surface area contributed by atoms with E-state index in [-0.39, 0.29) is 22.4 Å². The van der Waals surface area contributed by atoms with Gasteiger partial charge in [0.15, 0.2) is 0 Å². The predicted octanol–water partition coefficient (Wildman–Crippen LogP) is 6.81. The lowest BCUT2D eigenvalue weighted by molar-refractivity contribution is -0.000511. The second kappa shape index (κ2) is 15.1. The highest BCUT2D eigenvalue weighted by atomic mass is 19.1. The molecule has 2 aromatic carbocycles. The smallest absolute Gasteiger partial charge is 0.272 e. The molecule has 0 unspecified atom stereocenters. The summed E-state index contributed by atoms with van der Waals surface area (Å²) in [5, 5.41) is 4.90. The Bertz CT molecular complexity index is 2210. The Morgan fingerprint density at radius 2 is 1.69 bits per heavy atom. The average Bonchev–Trinajstić information content (AvgIpc) is 3.55. The van der Waals surface area contributed by atoms with Crippen LogP contribution in [0.25, 0.3) is 11.4 Å². The summed E-state index contributed by atoms with van der Waals surface area (Å²) < 4.78 is 47.1. The summed E-state index contributed by atoms with van der Waals surface area (Å²) in [4.78, 5) is 52.3. The third-order valence-corrected chi connectivity index (χ3v) is 10.0. The van der Waals surface area contributed by atoms with Crippen LogP contribution in [-0.4, -0.2) is 72.9 Å². The van der Waals surface area contributed by atoms with Crippen LogP contribution in [0.5, 0.6) is 0 Å². The fourth-order valence-corrected chi connectivity index (χ4v) is 7.04. The summed E-state index contributed by atoms with van der Waals surface area (Å²) in [6.45, 7) is 5.87. The molecule has 3 N–H and O–H groups in total. The number of aromatic amines is 1. The van der Waals surface area contributed by atoms with Gasteiger partial charge in [0, 0.05) is 63.3 Å². The number of nitrogens with one attached hydrogen (secondary N) is 3. The molecule has 0 atom stereocenters. The van der Waals surface area contributed by atoms with Gasteiger partial charge in [0.1, 0.15) is 46.6 Å². The molecule has 6 heterocycles. The van der Waals surface area contributed by atoms with Crippen molar-refractivity contribution in [1.29, 1.82) is 0 Å². The molecule has 2 amide bonds. The normalized spacial score (nSPS) is 15.5. The maximum Gasteiger partial charge on any atom is 0.272 e. The van der Waals surface area contributed by atoms with E-state index in [1.165, 1.54) is 18.2 Å². The number of likely N-dealkylation sites (N-methyl/N-ethyl adjacent to an activating group) is 1. The maximum atomic E-state index is 14.2. The van der Waals surface area contributed by atoms with Crippen LogP contribution in [0, 0.1) is 29.8 Å². The Kier molecular flexibility index (Phi) is 10.2. The van der Waals surface area contributed by atoms with Crippen molar-refractivity contribution in [2.24, 2.45) is 5.41 Å². The number of carbonyl (C=O) groups is 3. The number of H-pyrrole nitrogens is 1. The number of hydrogen-bond acceptors (Lipinski definition) is 8. The molecule has 11 nitrogen and oxygen atoms in total. The van der Waals surface area contributed by atoms with Crippen molar-refractivity contribution in [2.75, 3.05) is 60.3 Å². The number of nitrogens with zero attached hydrogens (tertiary/aromatic N) is 4. The summed E-state index contributed by atoms with van der Waals surface area (Å²) in [6, 6.07) is 14.7. The van der Waals surface area contributed by atoms with Gasteiger partial charge < -0.3 is 30.2 Å². The van der Waals surface area contributed by atoms with Gasteiger partial charge in [-0.15, -0.1) is 0 Å². The molecule has 2 saturated heterocycles. The SMILES string of the molecule is CN1CCc2cc(C(=O)Nc3c(F)cccc3F)[nH]c2-c2ncccc21.Cc1cnc(N2CC3(CCOCC3)C2)c(C(=O)Nc2ccc(C=O)cc2F)c1. The number of ether oxygens (including phenoxy) is 1. The number of hydrogen-bond donors (Lipinski definition) is 3. The number of halogens is 3. The molecule has 2 fully saturated rings. The van der Waals surface area contributed by atoms with Gasteiger partial charge in [-0.1, -0.05) is 6.07 Å². The lowest BCUT2D eigenvalue weighted by atomic mass is 9.73. The molecule has 278 valence electrons. The van der Waals surface area contributed by atoms with Crippen molar-refractivity contribution in [1.82, 2.24) is 15.0 Å². The summed E-state index contributed by atoms with van der Waals surface area (Å²) in [5.74, 6) is -2.69. The minimum absolute atomic E-state index is 0.0348. The Hall–Kier alpha value is -6.02. The van der Waals surface area contributed by atoms with Crippen LogP contribution in [-0.2, 0) is 11.2 Å². The van der Waals surface area contributed by atoms with E-state index in [0.717, 1.165) is 98.5 Å². The van der Waals surface area contributed by atoms with E-state index in [2.05, 4.69) is 35.4 Å². The number of benzene rings is 2. The van der Waals surface area contributed by atoms with Crippen molar-refractivity contribution in [3.05, 3.63) is 118 Å². The van der Waals surface area contributed by atoms with Gasteiger partial charge in [-0.2, -0.15) is 0 Å². The first kappa shape index (κ1) is 36.3. The van der Waals surface area contributed by atoms with Crippen LogP contribution in [0.3, 0.4) is 0 Å². The average molecular weight is 738 g/mol.